The third kappa shape index (κ3) is 3.32. The van der Waals surface area contributed by atoms with Gasteiger partial charge in [-0.2, -0.15) is 0 Å². The second-order valence-corrected chi connectivity index (χ2v) is 4.68. The summed E-state index contributed by atoms with van der Waals surface area (Å²) in [5.41, 5.74) is 1.73. The molecule has 1 aromatic carbocycles. The molecule has 2 rings (SSSR count). The van der Waals surface area contributed by atoms with E-state index in [0.717, 1.165) is 11.3 Å². The van der Waals surface area contributed by atoms with E-state index in [-0.39, 0.29) is 5.91 Å². The summed E-state index contributed by atoms with van der Waals surface area (Å²) in [6.45, 7) is 0.577. The molecule has 1 aromatic rings. The summed E-state index contributed by atoms with van der Waals surface area (Å²) in [6.07, 6.45) is 1.14. The van der Waals surface area contributed by atoms with Crippen molar-refractivity contribution in [1.29, 1.82) is 0 Å². The van der Waals surface area contributed by atoms with Crippen LogP contribution in [0.5, 0.6) is 0 Å². The molecule has 19 heavy (non-hydrogen) atoms. The number of carboxylic acids is 1. The number of carbonyl (C=O) groups excluding carboxylic acids is 1. The maximum absolute atomic E-state index is 11.9. The van der Waals surface area contributed by atoms with E-state index >= 15 is 0 Å². The molecule has 0 heterocycles. The van der Waals surface area contributed by atoms with Gasteiger partial charge in [-0.25, -0.2) is 0 Å². The molecule has 5 nitrogen and oxygen atoms in total. The first-order valence-electron chi connectivity index (χ1n) is 6.24. The molecule has 2 N–H and O–H groups in total. The van der Waals surface area contributed by atoms with E-state index in [0.29, 0.717) is 19.4 Å². The molecule has 0 bridgehead atoms. The van der Waals surface area contributed by atoms with Crippen molar-refractivity contribution < 1.29 is 19.4 Å². The Labute approximate surface area is 111 Å². The first-order chi connectivity index (χ1) is 9.13. The monoisotopic (exact) mass is 263 g/mol. The van der Waals surface area contributed by atoms with Gasteiger partial charge < -0.3 is 15.2 Å². The van der Waals surface area contributed by atoms with E-state index in [1.54, 1.807) is 7.11 Å². The number of aliphatic carboxylic acids is 1. The molecule has 0 spiro atoms. The number of hydrogen-bond acceptors (Lipinski definition) is 3. The van der Waals surface area contributed by atoms with Gasteiger partial charge in [0, 0.05) is 12.8 Å². The van der Waals surface area contributed by atoms with Crippen LogP contribution in [0.2, 0.25) is 0 Å². The van der Waals surface area contributed by atoms with Crippen LogP contribution in [0.25, 0.3) is 0 Å². The van der Waals surface area contributed by atoms with Gasteiger partial charge in [0.15, 0.2) is 0 Å². The predicted molar refractivity (Wildman–Crippen MR) is 69.9 cm³/mol. The number of anilines is 1. The average molecular weight is 263 g/mol. The summed E-state index contributed by atoms with van der Waals surface area (Å²) in [6, 6.07) is 7.49. The maximum Gasteiger partial charge on any atom is 0.307 e. The second kappa shape index (κ2) is 5.84. The van der Waals surface area contributed by atoms with Gasteiger partial charge in [-0.05, 0) is 24.5 Å². The van der Waals surface area contributed by atoms with Crippen LogP contribution in [-0.2, 0) is 20.7 Å². The van der Waals surface area contributed by atoms with Crippen molar-refractivity contribution in [3.05, 3.63) is 29.8 Å². The van der Waals surface area contributed by atoms with E-state index in [2.05, 4.69) is 5.32 Å². The lowest BCUT2D eigenvalue weighted by Gasteiger charge is -2.10. The fourth-order valence-corrected chi connectivity index (χ4v) is 2.06. The number of methoxy groups -OCH3 is 1. The molecule has 0 aromatic heterocycles. The standard InChI is InChI=1S/C14H17NO4/c1-19-7-6-9-4-2-3-5-12(9)15-13(16)10-8-11(10)14(17)18/h2-5,10-11H,6-8H2,1H3,(H,15,16)(H,17,18). The average Bonchev–Trinajstić information content (AvgIpc) is 3.18. The van der Waals surface area contributed by atoms with E-state index in [9.17, 15) is 9.59 Å². The smallest absolute Gasteiger partial charge is 0.307 e. The number of carboxylic acid groups (broad SMARTS) is 1. The molecule has 0 radical (unpaired) electrons. The zero-order valence-electron chi connectivity index (χ0n) is 10.8. The van der Waals surface area contributed by atoms with Crippen LogP contribution >= 0.6 is 0 Å². The van der Waals surface area contributed by atoms with Gasteiger partial charge in [0.2, 0.25) is 5.91 Å². The summed E-state index contributed by atoms with van der Waals surface area (Å²) in [7, 11) is 1.63. The number of para-hydroxylation sites is 1. The molecule has 0 aliphatic heterocycles. The Morgan fingerprint density at radius 3 is 2.74 bits per heavy atom. The van der Waals surface area contributed by atoms with Crippen molar-refractivity contribution >= 4 is 17.6 Å². The Hall–Kier alpha value is -1.88. The van der Waals surface area contributed by atoms with Crippen LogP contribution in [0.15, 0.2) is 24.3 Å². The van der Waals surface area contributed by atoms with Crippen LogP contribution in [0.3, 0.4) is 0 Å². The summed E-state index contributed by atoms with van der Waals surface area (Å²) in [5.74, 6) is -2.02. The molecule has 2 atom stereocenters. The van der Waals surface area contributed by atoms with Crippen LogP contribution in [0.4, 0.5) is 5.69 Å². The number of benzene rings is 1. The highest BCUT2D eigenvalue weighted by atomic mass is 16.5. The Morgan fingerprint density at radius 1 is 1.37 bits per heavy atom. The fraction of sp³-hybridized carbons (Fsp3) is 0.429. The van der Waals surface area contributed by atoms with Crippen molar-refractivity contribution in [1.82, 2.24) is 0 Å². The molecule has 0 saturated heterocycles. The number of carbonyl (C=O) groups is 2. The van der Waals surface area contributed by atoms with Crippen LogP contribution in [0, 0.1) is 11.8 Å². The van der Waals surface area contributed by atoms with Crippen molar-refractivity contribution in [2.45, 2.75) is 12.8 Å². The molecule has 2 unspecified atom stereocenters. The Kier molecular flexibility index (Phi) is 4.16. The molecule has 1 fully saturated rings. The molecule has 5 heteroatoms. The van der Waals surface area contributed by atoms with Crippen molar-refractivity contribution in [3.8, 4) is 0 Å². The van der Waals surface area contributed by atoms with Crippen molar-refractivity contribution in [3.63, 3.8) is 0 Å². The van der Waals surface area contributed by atoms with Gasteiger partial charge in [-0.1, -0.05) is 18.2 Å². The summed E-state index contributed by atoms with van der Waals surface area (Å²) in [4.78, 5) is 22.7. The summed E-state index contributed by atoms with van der Waals surface area (Å²) < 4.78 is 5.02. The van der Waals surface area contributed by atoms with Crippen LogP contribution in [0.1, 0.15) is 12.0 Å². The minimum atomic E-state index is -0.896. The highest BCUT2D eigenvalue weighted by molar-refractivity contribution is 5.98. The number of rotatable bonds is 6. The Bertz CT molecular complexity index is 486. The highest BCUT2D eigenvalue weighted by Crippen LogP contribution is 2.39. The van der Waals surface area contributed by atoms with Gasteiger partial charge >= 0.3 is 5.97 Å². The number of ether oxygens (including phenoxy) is 1. The lowest BCUT2D eigenvalue weighted by Crippen LogP contribution is -2.18. The molecular weight excluding hydrogens is 246 g/mol. The molecule has 1 amide bonds. The maximum atomic E-state index is 11.9. The minimum absolute atomic E-state index is 0.211. The highest BCUT2D eigenvalue weighted by Gasteiger charge is 2.48. The summed E-state index contributed by atoms with van der Waals surface area (Å²) in [5, 5.41) is 11.6. The quantitative estimate of drug-likeness (QED) is 0.816. The third-order valence-electron chi connectivity index (χ3n) is 3.30. The lowest BCUT2D eigenvalue weighted by atomic mass is 10.1. The minimum Gasteiger partial charge on any atom is -0.481 e. The predicted octanol–water partition coefficient (Wildman–Crippen LogP) is 1.53. The van der Waals surface area contributed by atoms with Gasteiger partial charge in [-0.15, -0.1) is 0 Å². The molecule has 1 aliphatic carbocycles. The molecule has 1 saturated carbocycles. The Morgan fingerprint density at radius 2 is 2.11 bits per heavy atom. The second-order valence-electron chi connectivity index (χ2n) is 4.68. The summed E-state index contributed by atoms with van der Waals surface area (Å²) >= 11 is 0. The largest absolute Gasteiger partial charge is 0.481 e. The van der Waals surface area contributed by atoms with Gasteiger partial charge in [0.25, 0.3) is 0 Å². The van der Waals surface area contributed by atoms with Crippen LogP contribution in [-0.4, -0.2) is 30.7 Å². The normalized spacial score (nSPS) is 20.9. The topological polar surface area (TPSA) is 75.6 Å². The number of amides is 1. The first kappa shape index (κ1) is 13.5. The number of hydrogen-bond donors (Lipinski definition) is 2. The van der Waals surface area contributed by atoms with Gasteiger partial charge in [0.05, 0.1) is 18.4 Å². The zero-order chi connectivity index (χ0) is 13.8. The van der Waals surface area contributed by atoms with E-state index in [1.165, 1.54) is 0 Å². The lowest BCUT2D eigenvalue weighted by molar-refractivity contribution is -0.139. The number of nitrogens with one attached hydrogen (secondary N) is 1. The first-order valence-corrected chi connectivity index (χ1v) is 6.24. The third-order valence-corrected chi connectivity index (χ3v) is 3.30. The molecule has 102 valence electrons. The SMILES string of the molecule is COCCc1ccccc1NC(=O)C1CC1C(=O)O. The van der Waals surface area contributed by atoms with Crippen molar-refractivity contribution in [2.24, 2.45) is 11.8 Å². The van der Waals surface area contributed by atoms with E-state index in [1.807, 2.05) is 24.3 Å². The van der Waals surface area contributed by atoms with E-state index in [4.69, 9.17) is 9.84 Å². The fourth-order valence-electron chi connectivity index (χ4n) is 2.06. The van der Waals surface area contributed by atoms with Gasteiger partial charge in [-0.3, -0.25) is 9.59 Å². The Balaban J connectivity index is 1.99. The van der Waals surface area contributed by atoms with Crippen LogP contribution < -0.4 is 5.32 Å². The van der Waals surface area contributed by atoms with Gasteiger partial charge in [0.1, 0.15) is 0 Å². The van der Waals surface area contributed by atoms with E-state index < -0.39 is 17.8 Å². The molecule has 1 aliphatic rings. The van der Waals surface area contributed by atoms with Crippen molar-refractivity contribution in [2.75, 3.05) is 19.0 Å². The molecular formula is C14H17NO4. The zero-order valence-corrected chi connectivity index (χ0v) is 10.8.